The molecule has 0 radical (unpaired) electrons. The molecule has 2 rings (SSSR count). The van der Waals surface area contributed by atoms with E-state index in [1.54, 1.807) is 12.4 Å². The molecule has 1 aromatic heterocycles. The molecule has 1 unspecified atom stereocenters. The van der Waals surface area contributed by atoms with Gasteiger partial charge in [0, 0.05) is 37.2 Å². The van der Waals surface area contributed by atoms with Crippen molar-refractivity contribution in [2.45, 2.75) is 51.7 Å². The first-order valence-corrected chi connectivity index (χ1v) is 7.58. The van der Waals surface area contributed by atoms with E-state index in [9.17, 15) is 4.79 Å². The van der Waals surface area contributed by atoms with Gasteiger partial charge < -0.3 is 15.0 Å². The number of carbonyl (C=O) groups excluding carboxylic acids is 1. The number of amides is 1. The van der Waals surface area contributed by atoms with Crippen LogP contribution in [0.25, 0.3) is 0 Å². The highest BCUT2D eigenvalue weighted by atomic mass is 16.6. The first kappa shape index (κ1) is 15.6. The Labute approximate surface area is 126 Å². The number of rotatable bonds is 2. The standard InChI is InChI=1S/C16H25N3O2/c1-16(2,3)21-15(20)18-13-6-4-5-11-19(12-13)14-7-9-17-10-8-14/h7-10,13H,4-6,11-12H2,1-3H3,(H,18,20). The lowest BCUT2D eigenvalue weighted by molar-refractivity contribution is 0.0504. The van der Waals surface area contributed by atoms with Crippen molar-refractivity contribution in [3.05, 3.63) is 24.5 Å². The van der Waals surface area contributed by atoms with Gasteiger partial charge in [0.2, 0.25) is 0 Å². The molecule has 0 bridgehead atoms. The maximum Gasteiger partial charge on any atom is 0.407 e. The molecule has 1 atom stereocenters. The minimum atomic E-state index is -0.459. The second-order valence-electron chi connectivity index (χ2n) is 6.49. The quantitative estimate of drug-likeness (QED) is 0.910. The Balaban J connectivity index is 1.95. The van der Waals surface area contributed by atoms with E-state index in [1.165, 1.54) is 0 Å². The fourth-order valence-corrected chi connectivity index (χ4v) is 2.52. The zero-order valence-electron chi connectivity index (χ0n) is 13.1. The second kappa shape index (κ2) is 6.78. The largest absolute Gasteiger partial charge is 0.444 e. The van der Waals surface area contributed by atoms with Gasteiger partial charge in [-0.2, -0.15) is 0 Å². The number of nitrogens with zero attached hydrogens (tertiary/aromatic N) is 2. The molecule has 1 saturated heterocycles. The van der Waals surface area contributed by atoms with E-state index in [0.29, 0.717) is 0 Å². The molecule has 5 heteroatoms. The Morgan fingerprint density at radius 1 is 1.33 bits per heavy atom. The van der Waals surface area contributed by atoms with Gasteiger partial charge in [0.1, 0.15) is 5.60 Å². The highest BCUT2D eigenvalue weighted by molar-refractivity contribution is 5.68. The minimum absolute atomic E-state index is 0.121. The van der Waals surface area contributed by atoms with Crippen LogP contribution in [-0.4, -0.2) is 35.8 Å². The molecule has 0 spiro atoms. The van der Waals surface area contributed by atoms with E-state index in [4.69, 9.17) is 4.74 Å². The molecule has 116 valence electrons. The van der Waals surface area contributed by atoms with Gasteiger partial charge in [0.25, 0.3) is 0 Å². The average Bonchev–Trinajstić information content (AvgIpc) is 2.63. The van der Waals surface area contributed by atoms with E-state index in [1.807, 2.05) is 32.9 Å². The van der Waals surface area contributed by atoms with Crippen LogP contribution in [0.1, 0.15) is 40.0 Å². The maximum absolute atomic E-state index is 11.9. The zero-order valence-corrected chi connectivity index (χ0v) is 13.1. The summed E-state index contributed by atoms with van der Waals surface area (Å²) in [7, 11) is 0. The smallest absolute Gasteiger partial charge is 0.407 e. The lowest BCUT2D eigenvalue weighted by Crippen LogP contribution is -2.44. The van der Waals surface area contributed by atoms with Crippen molar-refractivity contribution in [1.29, 1.82) is 0 Å². The van der Waals surface area contributed by atoms with Crippen LogP contribution in [0.15, 0.2) is 24.5 Å². The molecule has 0 aliphatic carbocycles. The van der Waals surface area contributed by atoms with E-state index >= 15 is 0 Å². The monoisotopic (exact) mass is 291 g/mol. The summed E-state index contributed by atoms with van der Waals surface area (Å²) in [6, 6.07) is 4.14. The summed E-state index contributed by atoms with van der Waals surface area (Å²) in [5, 5.41) is 3.00. The van der Waals surface area contributed by atoms with Gasteiger partial charge >= 0.3 is 6.09 Å². The molecular weight excluding hydrogens is 266 g/mol. The van der Waals surface area contributed by atoms with Crippen LogP contribution in [0, 0.1) is 0 Å². The molecule has 21 heavy (non-hydrogen) atoms. The molecule has 2 heterocycles. The van der Waals surface area contributed by atoms with Gasteiger partial charge in [-0.25, -0.2) is 4.79 Å². The number of nitrogens with one attached hydrogen (secondary N) is 1. The van der Waals surface area contributed by atoms with Crippen LogP contribution in [0.2, 0.25) is 0 Å². The Kier molecular flexibility index (Phi) is 5.04. The summed E-state index contributed by atoms with van der Waals surface area (Å²) in [6.45, 7) is 7.45. The predicted octanol–water partition coefficient (Wildman–Crippen LogP) is 2.97. The van der Waals surface area contributed by atoms with E-state index in [2.05, 4.69) is 15.2 Å². The van der Waals surface area contributed by atoms with Crippen LogP contribution < -0.4 is 10.2 Å². The number of aromatic nitrogens is 1. The van der Waals surface area contributed by atoms with Gasteiger partial charge in [0.15, 0.2) is 0 Å². The van der Waals surface area contributed by atoms with Crippen LogP contribution in [0.3, 0.4) is 0 Å². The summed E-state index contributed by atoms with van der Waals surface area (Å²) in [5.74, 6) is 0. The first-order chi connectivity index (χ1) is 9.94. The van der Waals surface area contributed by atoms with Gasteiger partial charge in [0.05, 0.1) is 0 Å². The highest BCUT2D eigenvalue weighted by Gasteiger charge is 2.23. The van der Waals surface area contributed by atoms with Gasteiger partial charge in [-0.05, 0) is 52.2 Å². The van der Waals surface area contributed by atoms with Gasteiger partial charge in [-0.15, -0.1) is 0 Å². The number of alkyl carbamates (subject to hydrolysis) is 1. The number of carbonyl (C=O) groups is 1. The van der Waals surface area contributed by atoms with Crippen LogP contribution in [0.5, 0.6) is 0 Å². The van der Waals surface area contributed by atoms with Crippen LogP contribution in [0.4, 0.5) is 10.5 Å². The number of hydrogen-bond acceptors (Lipinski definition) is 4. The second-order valence-corrected chi connectivity index (χ2v) is 6.49. The average molecular weight is 291 g/mol. The Hall–Kier alpha value is -1.78. The third-order valence-corrected chi connectivity index (χ3v) is 3.42. The molecule has 5 nitrogen and oxygen atoms in total. The predicted molar refractivity (Wildman–Crippen MR) is 83.5 cm³/mol. The van der Waals surface area contributed by atoms with E-state index in [-0.39, 0.29) is 12.1 Å². The molecule has 0 aromatic carbocycles. The van der Waals surface area contributed by atoms with Crippen molar-refractivity contribution >= 4 is 11.8 Å². The van der Waals surface area contributed by atoms with Crippen LogP contribution >= 0.6 is 0 Å². The minimum Gasteiger partial charge on any atom is -0.444 e. The van der Waals surface area contributed by atoms with Crippen molar-refractivity contribution in [2.75, 3.05) is 18.0 Å². The van der Waals surface area contributed by atoms with Gasteiger partial charge in [-0.1, -0.05) is 0 Å². The molecule has 1 aliphatic rings. The van der Waals surface area contributed by atoms with E-state index in [0.717, 1.165) is 38.0 Å². The summed E-state index contributed by atoms with van der Waals surface area (Å²) in [4.78, 5) is 18.3. The fourth-order valence-electron chi connectivity index (χ4n) is 2.52. The third kappa shape index (κ3) is 5.25. The van der Waals surface area contributed by atoms with E-state index < -0.39 is 5.60 Å². The molecular formula is C16H25N3O2. The molecule has 1 aromatic rings. The van der Waals surface area contributed by atoms with Crippen molar-refractivity contribution in [1.82, 2.24) is 10.3 Å². The topological polar surface area (TPSA) is 54.5 Å². The molecule has 0 saturated carbocycles. The Morgan fingerprint density at radius 3 is 2.71 bits per heavy atom. The number of pyridine rings is 1. The fraction of sp³-hybridized carbons (Fsp3) is 0.625. The van der Waals surface area contributed by atoms with Crippen molar-refractivity contribution < 1.29 is 9.53 Å². The molecule has 1 amide bonds. The number of ether oxygens (including phenoxy) is 1. The van der Waals surface area contributed by atoms with Gasteiger partial charge in [-0.3, -0.25) is 4.98 Å². The Morgan fingerprint density at radius 2 is 2.05 bits per heavy atom. The highest BCUT2D eigenvalue weighted by Crippen LogP contribution is 2.19. The SMILES string of the molecule is CC(C)(C)OC(=O)NC1CCCCN(c2ccncc2)C1. The third-order valence-electron chi connectivity index (χ3n) is 3.42. The van der Waals surface area contributed by atoms with Crippen LogP contribution in [-0.2, 0) is 4.74 Å². The molecule has 1 fully saturated rings. The summed E-state index contributed by atoms with van der Waals surface area (Å²) >= 11 is 0. The number of anilines is 1. The maximum atomic E-state index is 11.9. The summed E-state index contributed by atoms with van der Waals surface area (Å²) in [6.07, 6.45) is 6.51. The summed E-state index contributed by atoms with van der Waals surface area (Å²) in [5.41, 5.74) is 0.697. The first-order valence-electron chi connectivity index (χ1n) is 7.58. The van der Waals surface area contributed by atoms with Crippen molar-refractivity contribution in [2.24, 2.45) is 0 Å². The summed E-state index contributed by atoms with van der Waals surface area (Å²) < 4.78 is 5.34. The van der Waals surface area contributed by atoms with Crippen molar-refractivity contribution in [3.8, 4) is 0 Å². The Bertz CT molecular complexity index is 456. The zero-order chi connectivity index (χ0) is 15.3. The number of hydrogen-bond donors (Lipinski definition) is 1. The lowest BCUT2D eigenvalue weighted by atomic mass is 10.1. The molecule has 1 N–H and O–H groups in total. The lowest BCUT2D eigenvalue weighted by Gasteiger charge is -2.28. The normalized spacial score (nSPS) is 19.8. The molecule has 1 aliphatic heterocycles. The van der Waals surface area contributed by atoms with Crippen molar-refractivity contribution in [3.63, 3.8) is 0 Å².